The Kier molecular flexibility index (Phi) is 4.85. The van der Waals surface area contributed by atoms with Crippen molar-refractivity contribution in [1.29, 1.82) is 0 Å². The van der Waals surface area contributed by atoms with E-state index in [-0.39, 0.29) is 16.9 Å². The largest absolute Gasteiger partial charge is 0.496 e. The second kappa shape index (κ2) is 6.63. The van der Waals surface area contributed by atoms with Gasteiger partial charge in [0, 0.05) is 5.56 Å². The molecule has 2 aromatic carbocycles. The Morgan fingerprint density at radius 3 is 2.00 bits per heavy atom. The van der Waals surface area contributed by atoms with Crippen molar-refractivity contribution in [2.75, 3.05) is 13.7 Å². The van der Waals surface area contributed by atoms with Crippen LogP contribution in [0.4, 0.5) is 13.2 Å². The lowest BCUT2D eigenvalue weighted by atomic mass is 9.96. The number of ether oxygens (including phenoxy) is 1. The molecule has 1 atom stereocenters. The van der Waals surface area contributed by atoms with Gasteiger partial charge in [-0.2, -0.15) is 0 Å². The molecule has 0 saturated carbocycles. The molecule has 5 heteroatoms. The first-order chi connectivity index (χ1) is 10.1. The van der Waals surface area contributed by atoms with Crippen molar-refractivity contribution in [2.45, 2.75) is 13.0 Å². The van der Waals surface area contributed by atoms with Crippen molar-refractivity contribution in [3.05, 3.63) is 65.0 Å². The van der Waals surface area contributed by atoms with Gasteiger partial charge in [-0.25, -0.2) is 13.2 Å². The van der Waals surface area contributed by atoms with Crippen LogP contribution in [-0.2, 0) is 0 Å². The van der Waals surface area contributed by atoms with Crippen LogP contribution in [0, 0.1) is 17.5 Å². The topological polar surface area (TPSA) is 21.3 Å². The van der Waals surface area contributed by atoms with Crippen LogP contribution in [0.3, 0.4) is 0 Å². The molecule has 2 aromatic rings. The minimum absolute atomic E-state index is 0.0888. The molecular weight excluding hydrogens is 279 g/mol. The summed E-state index contributed by atoms with van der Waals surface area (Å²) in [6.07, 6.45) is 0. The van der Waals surface area contributed by atoms with E-state index in [1.54, 1.807) is 13.0 Å². The predicted octanol–water partition coefficient (Wildman–Crippen LogP) is 3.81. The van der Waals surface area contributed by atoms with Gasteiger partial charge in [0.15, 0.2) is 0 Å². The zero-order valence-electron chi connectivity index (χ0n) is 11.8. The van der Waals surface area contributed by atoms with E-state index >= 15 is 0 Å². The molecule has 0 spiro atoms. The third-order valence-electron chi connectivity index (χ3n) is 3.22. The number of halogens is 3. The van der Waals surface area contributed by atoms with Gasteiger partial charge in [0.2, 0.25) is 0 Å². The number of nitrogens with one attached hydrogen (secondary N) is 1. The lowest BCUT2D eigenvalue weighted by Gasteiger charge is -2.22. The fourth-order valence-electron chi connectivity index (χ4n) is 2.31. The highest BCUT2D eigenvalue weighted by Gasteiger charge is 2.26. The van der Waals surface area contributed by atoms with Crippen molar-refractivity contribution in [2.24, 2.45) is 0 Å². The van der Waals surface area contributed by atoms with Crippen molar-refractivity contribution in [3.8, 4) is 5.75 Å². The average Bonchev–Trinajstić information content (AvgIpc) is 2.46. The number of rotatable bonds is 5. The summed E-state index contributed by atoms with van der Waals surface area (Å²) in [5, 5.41) is 2.91. The van der Waals surface area contributed by atoms with Crippen molar-refractivity contribution in [3.63, 3.8) is 0 Å². The summed E-state index contributed by atoms with van der Waals surface area (Å²) in [5.41, 5.74) is -0.131. The average molecular weight is 295 g/mol. The first-order valence-electron chi connectivity index (χ1n) is 6.59. The van der Waals surface area contributed by atoms with E-state index in [9.17, 15) is 13.2 Å². The van der Waals surface area contributed by atoms with Crippen LogP contribution in [0.25, 0.3) is 0 Å². The van der Waals surface area contributed by atoms with Crippen LogP contribution in [0.2, 0.25) is 0 Å². The van der Waals surface area contributed by atoms with Gasteiger partial charge in [-0.05, 0) is 30.8 Å². The molecule has 2 nitrogen and oxygen atoms in total. The van der Waals surface area contributed by atoms with Crippen LogP contribution in [0.1, 0.15) is 24.1 Å². The third kappa shape index (κ3) is 3.03. The Balaban J connectivity index is 2.65. The van der Waals surface area contributed by atoms with Crippen LogP contribution in [0.15, 0.2) is 36.4 Å². The summed E-state index contributed by atoms with van der Waals surface area (Å²) in [7, 11) is 1.39. The molecular formula is C16H16F3NO. The van der Waals surface area contributed by atoms with Gasteiger partial charge in [-0.3, -0.25) is 0 Å². The van der Waals surface area contributed by atoms with Gasteiger partial charge in [-0.1, -0.05) is 19.1 Å². The maximum atomic E-state index is 14.2. The first kappa shape index (κ1) is 15.4. The SMILES string of the molecule is CCNC(c1c(F)cccc1F)c1c(F)cccc1OC. The molecule has 2 rings (SSSR count). The maximum absolute atomic E-state index is 14.2. The van der Waals surface area contributed by atoms with Crippen LogP contribution >= 0.6 is 0 Å². The van der Waals surface area contributed by atoms with E-state index in [2.05, 4.69) is 5.32 Å². The molecule has 0 aliphatic carbocycles. The summed E-state index contributed by atoms with van der Waals surface area (Å²) in [6.45, 7) is 2.19. The van der Waals surface area contributed by atoms with Gasteiger partial charge in [0.25, 0.3) is 0 Å². The van der Waals surface area contributed by atoms with E-state index in [4.69, 9.17) is 4.74 Å². The summed E-state index contributed by atoms with van der Waals surface area (Å²) in [4.78, 5) is 0. The van der Waals surface area contributed by atoms with E-state index in [1.807, 2.05) is 0 Å². The van der Waals surface area contributed by atoms with Crippen molar-refractivity contribution >= 4 is 0 Å². The molecule has 0 bridgehead atoms. The number of hydrogen-bond acceptors (Lipinski definition) is 2. The summed E-state index contributed by atoms with van der Waals surface area (Å²) in [5.74, 6) is -1.80. The maximum Gasteiger partial charge on any atom is 0.132 e. The fourth-order valence-corrected chi connectivity index (χ4v) is 2.31. The summed E-state index contributed by atoms with van der Waals surface area (Å²) < 4.78 is 47.4. The highest BCUT2D eigenvalue weighted by atomic mass is 19.1. The molecule has 1 unspecified atom stereocenters. The Morgan fingerprint density at radius 2 is 1.48 bits per heavy atom. The highest BCUT2D eigenvalue weighted by Crippen LogP contribution is 2.34. The van der Waals surface area contributed by atoms with Gasteiger partial charge in [0.05, 0.1) is 18.7 Å². The molecule has 0 aliphatic heterocycles. The van der Waals surface area contributed by atoms with Gasteiger partial charge < -0.3 is 10.1 Å². The van der Waals surface area contributed by atoms with E-state index in [0.717, 1.165) is 12.1 Å². The highest BCUT2D eigenvalue weighted by molar-refractivity contribution is 5.43. The van der Waals surface area contributed by atoms with E-state index < -0.39 is 23.5 Å². The van der Waals surface area contributed by atoms with E-state index in [1.165, 1.54) is 25.3 Å². The molecule has 0 saturated heterocycles. The van der Waals surface area contributed by atoms with Gasteiger partial charge >= 0.3 is 0 Å². The predicted molar refractivity (Wildman–Crippen MR) is 74.8 cm³/mol. The van der Waals surface area contributed by atoms with Gasteiger partial charge in [-0.15, -0.1) is 0 Å². The third-order valence-corrected chi connectivity index (χ3v) is 3.22. The number of hydrogen-bond donors (Lipinski definition) is 1. The van der Waals surface area contributed by atoms with Crippen molar-refractivity contribution < 1.29 is 17.9 Å². The molecule has 0 aromatic heterocycles. The second-order valence-corrected chi connectivity index (χ2v) is 4.48. The summed E-state index contributed by atoms with van der Waals surface area (Å²) in [6, 6.07) is 6.88. The standard InChI is InChI=1S/C16H16F3NO/c1-3-20-16(14-10(17)6-4-7-11(14)18)15-12(19)8-5-9-13(15)21-2/h4-9,16,20H,3H2,1-2H3. The molecule has 1 N–H and O–H groups in total. The monoisotopic (exact) mass is 295 g/mol. The van der Waals surface area contributed by atoms with Crippen molar-refractivity contribution in [1.82, 2.24) is 5.32 Å². The molecule has 0 radical (unpaired) electrons. The Hall–Kier alpha value is -2.01. The quantitative estimate of drug-likeness (QED) is 0.905. The Morgan fingerprint density at radius 1 is 0.952 bits per heavy atom. The molecule has 0 amide bonds. The zero-order chi connectivity index (χ0) is 15.4. The van der Waals surface area contributed by atoms with Crippen LogP contribution in [0.5, 0.6) is 5.75 Å². The Bertz CT molecular complexity index is 611. The number of methoxy groups -OCH3 is 1. The number of benzene rings is 2. The summed E-state index contributed by atoms with van der Waals surface area (Å²) >= 11 is 0. The molecule has 21 heavy (non-hydrogen) atoms. The Labute approximate surface area is 121 Å². The second-order valence-electron chi connectivity index (χ2n) is 4.48. The molecule has 0 aliphatic rings. The molecule has 112 valence electrons. The van der Waals surface area contributed by atoms with Gasteiger partial charge in [0.1, 0.15) is 23.2 Å². The molecule has 0 heterocycles. The first-order valence-corrected chi connectivity index (χ1v) is 6.59. The lowest BCUT2D eigenvalue weighted by molar-refractivity contribution is 0.394. The molecule has 0 fully saturated rings. The minimum Gasteiger partial charge on any atom is -0.496 e. The smallest absolute Gasteiger partial charge is 0.132 e. The minimum atomic E-state index is -0.965. The zero-order valence-corrected chi connectivity index (χ0v) is 11.8. The van der Waals surface area contributed by atoms with E-state index in [0.29, 0.717) is 6.54 Å². The normalized spacial score (nSPS) is 12.2. The lowest BCUT2D eigenvalue weighted by Crippen LogP contribution is -2.25. The van der Waals surface area contributed by atoms with Crippen LogP contribution < -0.4 is 10.1 Å². The fraction of sp³-hybridized carbons (Fsp3) is 0.250. The van der Waals surface area contributed by atoms with Crippen LogP contribution in [-0.4, -0.2) is 13.7 Å².